The molecule has 70 valence electrons. The fourth-order valence-electron chi connectivity index (χ4n) is 0. The molecule has 0 amide bonds. The molecular formula is H10CoN10-. The number of hydrogen-bond acceptors (Lipinski definition) is 2. The van der Waals surface area contributed by atoms with Crippen molar-refractivity contribution in [3.05, 3.63) is 45.5 Å². The smallest absolute Gasteiger partial charge is 0.693 e. The molecule has 0 aliphatic carbocycles. The normalized spacial score (nSPS) is 1.45. The largest absolute Gasteiger partial charge is 3.00 e. The number of rotatable bonds is 0. The van der Waals surface area contributed by atoms with Crippen LogP contribution in [0, 0.1) is 11.1 Å². The van der Waals surface area contributed by atoms with Crippen molar-refractivity contribution in [3.63, 3.8) is 0 Å². The zero-order valence-electron chi connectivity index (χ0n) is 5.43. The van der Waals surface area contributed by atoms with Crippen molar-refractivity contribution in [2.75, 3.05) is 0 Å². The Kier molecular flexibility index (Phi) is 5040. The summed E-state index contributed by atoms with van der Waals surface area (Å²) >= 11 is 0. The molecule has 0 aromatic heterocycles. The van der Waals surface area contributed by atoms with E-state index in [-0.39, 0.29) is 41.4 Å². The topological polar surface area (TPSA) is 254 Å². The van der Waals surface area contributed by atoms with Crippen molar-refractivity contribution in [2.45, 2.75) is 0 Å². The average molecular weight is 209 g/mol. The number of hydrogen-bond donors (Lipinski definition) is 2. The van der Waals surface area contributed by atoms with E-state index in [0.29, 0.717) is 0 Å². The predicted molar refractivity (Wildman–Crippen MR) is 40.0 cm³/mol. The molecule has 0 aliphatic heterocycles. The Labute approximate surface area is 74.1 Å². The van der Waals surface area contributed by atoms with Crippen molar-refractivity contribution in [1.29, 1.82) is 11.1 Å². The molecular weight excluding hydrogens is 199 g/mol. The summed E-state index contributed by atoms with van der Waals surface area (Å²) in [6.07, 6.45) is 0. The first kappa shape index (κ1) is 91.1. The van der Waals surface area contributed by atoms with Crippen molar-refractivity contribution in [3.8, 4) is 0 Å². The molecule has 0 aromatic rings. The standard InChI is InChI=1S/Co.2HN3.4H2N/c;2*1-3-2;;;;/h;2*1H;4*1H2/q+3;;;4*-1. The van der Waals surface area contributed by atoms with Crippen LogP contribution in [-0.2, 0) is 16.8 Å². The Balaban J connectivity index is -0.00000000400. The Morgan fingerprint density at radius 1 is 0.727 bits per heavy atom. The number of nitrogens with two attached hydrogens (primary N) is 4. The maximum Gasteiger partial charge on any atom is 3.00 e. The summed E-state index contributed by atoms with van der Waals surface area (Å²) < 4.78 is 0. The Morgan fingerprint density at radius 3 is 0.727 bits per heavy atom. The molecule has 0 saturated heterocycles. The molecule has 0 bridgehead atoms. The van der Waals surface area contributed by atoms with Gasteiger partial charge in [0.2, 0.25) is 0 Å². The zero-order valence-corrected chi connectivity index (χ0v) is 6.47. The summed E-state index contributed by atoms with van der Waals surface area (Å²) in [5.74, 6) is 0. The second-order valence-electron chi connectivity index (χ2n) is 0.200. The Morgan fingerprint density at radius 2 is 0.727 bits per heavy atom. The van der Waals surface area contributed by atoms with E-state index >= 15 is 0 Å². The monoisotopic (exact) mass is 209 g/mol. The van der Waals surface area contributed by atoms with Crippen LogP contribution in [0.5, 0.6) is 0 Å². The molecule has 0 aromatic carbocycles. The van der Waals surface area contributed by atoms with Gasteiger partial charge in [0, 0.05) is 0 Å². The van der Waals surface area contributed by atoms with Gasteiger partial charge >= 0.3 is 16.8 Å². The molecule has 0 radical (unpaired) electrons. The van der Waals surface area contributed by atoms with Crippen LogP contribution in [0.25, 0.3) is 45.5 Å². The maximum atomic E-state index is 6.86. The minimum atomic E-state index is 0. The fraction of sp³-hybridized carbons (Fsp3) is 0. The van der Waals surface area contributed by atoms with Crippen LogP contribution in [0.1, 0.15) is 0 Å². The summed E-state index contributed by atoms with van der Waals surface area (Å²) in [5, 5.41) is 0. The second-order valence-corrected chi connectivity index (χ2v) is 0.200. The average Bonchev–Trinajstić information content (AvgIpc) is 1.39. The van der Waals surface area contributed by atoms with E-state index in [4.69, 9.17) is 22.1 Å². The van der Waals surface area contributed by atoms with Crippen LogP contribution in [0.4, 0.5) is 0 Å². The van der Waals surface area contributed by atoms with E-state index in [1.807, 2.05) is 0 Å². The Hall–Kier alpha value is -1.03. The third-order valence-electron chi connectivity index (χ3n) is 0. The summed E-state index contributed by atoms with van der Waals surface area (Å²) in [6, 6.07) is 0. The molecule has 0 spiro atoms. The third-order valence-corrected chi connectivity index (χ3v) is 0. The van der Waals surface area contributed by atoms with E-state index in [1.165, 1.54) is 0 Å². The van der Waals surface area contributed by atoms with Gasteiger partial charge in [-0.1, -0.05) is 0 Å². The van der Waals surface area contributed by atoms with E-state index in [2.05, 4.69) is 0 Å². The molecule has 11 heteroatoms. The van der Waals surface area contributed by atoms with Crippen LogP contribution in [0.2, 0.25) is 0 Å². The van der Waals surface area contributed by atoms with Gasteiger partial charge in [0.1, 0.15) is 0 Å². The molecule has 0 saturated carbocycles. The molecule has 10 nitrogen and oxygen atoms in total. The molecule has 11 heavy (non-hydrogen) atoms. The van der Waals surface area contributed by atoms with Gasteiger partial charge in [0.05, 0.1) is 0 Å². The Bertz CT molecular complexity index is 58.9. The van der Waals surface area contributed by atoms with Crippen LogP contribution in [0.3, 0.4) is 0 Å². The molecule has 0 fully saturated rings. The fourth-order valence-corrected chi connectivity index (χ4v) is 0. The minimum Gasteiger partial charge on any atom is -0.693 e. The molecule has 0 rings (SSSR count). The van der Waals surface area contributed by atoms with Crippen LogP contribution >= 0.6 is 0 Å². The summed E-state index contributed by atoms with van der Waals surface area (Å²) in [7, 11) is 0. The van der Waals surface area contributed by atoms with E-state index in [9.17, 15) is 0 Å². The van der Waals surface area contributed by atoms with Gasteiger partial charge in [-0.2, -0.15) is 0 Å². The van der Waals surface area contributed by atoms with Crippen molar-refractivity contribution < 1.29 is 16.8 Å². The van der Waals surface area contributed by atoms with Gasteiger partial charge in [-0.25, -0.2) is 0 Å². The predicted octanol–water partition coefficient (Wildman–Crippen LogP) is 4.62. The zero-order chi connectivity index (χ0) is 5.41. The molecule has 10 N–H and O–H groups in total. The summed E-state index contributed by atoms with van der Waals surface area (Å²) in [5.41, 5.74) is 24.5. The van der Waals surface area contributed by atoms with E-state index in [1.54, 1.807) is 9.82 Å². The van der Waals surface area contributed by atoms with Gasteiger partial charge in [0.15, 0.2) is 0 Å². The first-order valence-electron chi connectivity index (χ1n) is 0.847. The third kappa shape index (κ3) is 407. The molecule has 0 atom stereocenters. The molecule has 0 aliphatic rings. The van der Waals surface area contributed by atoms with Crippen molar-refractivity contribution >= 4 is 0 Å². The first-order chi connectivity index (χ1) is 2.83. The first-order valence-corrected chi connectivity index (χ1v) is 0.847. The van der Waals surface area contributed by atoms with E-state index < -0.39 is 0 Å². The van der Waals surface area contributed by atoms with Crippen molar-refractivity contribution in [1.82, 2.24) is 0 Å². The minimum absolute atomic E-state index is 0. The van der Waals surface area contributed by atoms with Gasteiger partial charge in [-0.15, -0.1) is 11.1 Å². The van der Waals surface area contributed by atoms with Crippen molar-refractivity contribution in [2.24, 2.45) is 0 Å². The van der Waals surface area contributed by atoms with Crippen LogP contribution in [-0.4, -0.2) is 0 Å². The maximum absolute atomic E-state index is 6.86. The van der Waals surface area contributed by atoms with Gasteiger partial charge in [-0.05, 0) is 20.9 Å². The summed E-state index contributed by atoms with van der Waals surface area (Å²) in [6.45, 7) is 0. The van der Waals surface area contributed by atoms with Gasteiger partial charge < -0.3 is 24.6 Å². The van der Waals surface area contributed by atoms with Crippen LogP contribution in [0.15, 0.2) is 0 Å². The molecule has 0 unspecified atom stereocenters. The SMILES string of the molecule is [Co+3].[N-]=[N+]=N.[N-]=[N+]=N.[NH2-].[NH2-].[NH2-].[NH2-]. The summed E-state index contributed by atoms with van der Waals surface area (Å²) in [4.78, 5) is 3.50. The quantitative estimate of drug-likeness (QED) is 0.314. The van der Waals surface area contributed by atoms with Gasteiger partial charge in [0.25, 0.3) is 0 Å². The van der Waals surface area contributed by atoms with Gasteiger partial charge in [-0.3, -0.25) is 0 Å². The van der Waals surface area contributed by atoms with E-state index in [0.717, 1.165) is 0 Å². The number of nitrogens with one attached hydrogen (secondary N) is 2. The van der Waals surface area contributed by atoms with Crippen LogP contribution < -0.4 is 0 Å². The number of nitrogens with zero attached hydrogens (tertiary/aromatic N) is 4. The second kappa shape index (κ2) is 609. The molecule has 0 heterocycles.